The Morgan fingerprint density at radius 3 is 2.50 bits per heavy atom. The van der Waals surface area contributed by atoms with Crippen LogP contribution in [0.2, 0.25) is 0 Å². The lowest BCUT2D eigenvalue weighted by molar-refractivity contribution is 0.0651. The second kappa shape index (κ2) is 8.80. The second-order valence-corrected chi connectivity index (χ2v) is 6.84. The Morgan fingerprint density at radius 1 is 1.14 bits per heavy atom. The van der Waals surface area contributed by atoms with Crippen molar-refractivity contribution in [3.05, 3.63) is 82.9 Å². The first kappa shape index (κ1) is 19.8. The van der Waals surface area contributed by atoms with Gasteiger partial charge in [0.2, 0.25) is 0 Å². The van der Waals surface area contributed by atoms with Gasteiger partial charge >= 0.3 is 0 Å². The number of hydrogen-bond acceptors (Lipinski definition) is 3. The number of benzene rings is 2. The van der Waals surface area contributed by atoms with Gasteiger partial charge in [0.05, 0.1) is 35.9 Å². The Bertz CT molecular complexity index is 949. The minimum absolute atomic E-state index is 0.141. The lowest BCUT2D eigenvalue weighted by Crippen LogP contribution is -2.24. The molecule has 0 aliphatic rings. The number of nitrogens with one attached hydrogen (secondary N) is 1. The first-order chi connectivity index (χ1) is 13.5. The number of hydrogen-bond donors (Lipinski definition) is 1. The maximum Gasteiger partial charge on any atom is 0.255 e. The molecule has 0 fully saturated rings. The van der Waals surface area contributed by atoms with Crippen LogP contribution in [-0.4, -0.2) is 21.8 Å². The zero-order valence-electron chi connectivity index (χ0n) is 16.3. The van der Waals surface area contributed by atoms with Crippen LogP contribution in [0.15, 0.2) is 54.7 Å². The summed E-state index contributed by atoms with van der Waals surface area (Å²) in [6.07, 6.45) is 1.67. The number of carbonyl (C=O) groups is 1. The third kappa shape index (κ3) is 4.64. The fourth-order valence-corrected chi connectivity index (χ4v) is 2.87. The molecule has 0 aliphatic carbocycles. The van der Waals surface area contributed by atoms with Gasteiger partial charge in [-0.2, -0.15) is 5.10 Å². The molecule has 1 amide bonds. The van der Waals surface area contributed by atoms with E-state index in [4.69, 9.17) is 4.74 Å². The van der Waals surface area contributed by atoms with Gasteiger partial charge in [-0.1, -0.05) is 24.3 Å². The van der Waals surface area contributed by atoms with Crippen molar-refractivity contribution < 1.29 is 13.9 Å². The summed E-state index contributed by atoms with van der Waals surface area (Å²) in [5.41, 5.74) is 3.95. The summed E-state index contributed by atoms with van der Waals surface area (Å²) in [5.74, 6) is -0.517. The van der Waals surface area contributed by atoms with Crippen molar-refractivity contribution in [3.8, 4) is 5.69 Å². The smallest absolute Gasteiger partial charge is 0.255 e. The van der Waals surface area contributed by atoms with E-state index in [1.807, 2.05) is 45.0 Å². The van der Waals surface area contributed by atoms with E-state index in [1.54, 1.807) is 16.8 Å². The van der Waals surface area contributed by atoms with E-state index in [0.717, 1.165) is 11.1 Å². The molecule has 0 spiro atoms. The summed E-state index contributed by atoms with van der Waals surface area (Å²) < 4.78 is 20.4. The minimum atomic E-state index is -0.313. The van der Waals surface area contributed by atoms with Gasteiger partial charge in [-0.3, -0.25) is 4.79 Å². The molecule has 2 aromatic carbocycles. The van der Waals surface area contributed by atoms with Crippen molar-refractivity contribution in [2.45, 2.75) is 40.0 Å². The van der Waals surface area contributed by atoms with Gasteiger partial charge in [-0.05, 0) is 56.2 Å². The number of aromatic nitrogens is 2. The molecule has 5 nitrogen and oxygen atoms in total. The quantitative estimate of drug-likeness (QED) is 0.668. The van der Waals surface area contributed by atoms with Crippen LogP contribution in [0, 0.1) is 12.7 Å². The third-order valence-corrected chi connectivity index (χ3v) is 4.46. The molecule has 1 N–H and O–H groups in total. The van der Waals surface area contributed by atoms with Crippen LogP contribution in [0.4, 0.5) is 4.39 Å². The number of rotatable bonds is 7. The van der Waals surface area contributed by atoms with E-state index in [0.29, 0.717) is 30.1 Å². The number of amides is 1. The predicted octanol–water partition coefficient (Wildman–Crippen LogP) is 4.17. The maximum atomic E-state index is 13.1. The molecule has 1 heterocycles. The Labute approximate surface area is 164 Å². The van der Waals surface area contributed by atoms with Crippen LogP contribution >= 0.6 is 0 Å². The number of halogens is 1. The van der Waals surface area contributed by atoms with Crippen LogP contribution in [0.1, 0.15) is 41.0 Å². The summed E-state index contributed by atoms with van der Waals surface area (Å²) >= 11 is 0. The van der Waals surface area contributed by atoms with Crippen LogP contribution in [0.3, 0.4) is 0 Å². The van der Waals surface area contributed by atoms with Crippen LogP contribution in [-0.2, 0) is 17.9 Å². The van der Waals surface area contributed by atoms with Gasteiger partial charge < -0.3 is 10.1 Å². The molecular weight excluding hydrogens is 357 g/mol. The average molecular weight is 381 g/mol. The van der Waals surface area contributed by atoms with E-state index >= 15 is 0 Å². The van der Waals surface area contributed by atoms with Crippen LogP contribution < -0.4 is 5.32 Å². The molecule has 0 bridgehead atoms. The zero-order chi connectivity index (χ0) is 20.1. The maximum absolute atomic E-state index is 13.1. The molecule has 6 heteroatoms. The van der Waals surface area contributed by atoms with Crippen molar-refractivity contribution in [2.75, 3.05) is 0 Å². The molecule has 1 aromatic heterocycles. The molecule has 28 heavy (non-hydrogen) atoms. The number of nitrogens with zero attached hydrogens (tertiary/aromatic N) is 2. The fourth-order valence-electron chi connectivity index (χ4n) is 2.87. The Kier molecular flexibility index (Phi) is 6.21. The highest BCUT2D eigenvalue weighted by atomic mass is 19.1. The number of carbonyl (C=O) groups excluding carboxylic acids is 1. The van der Waals surface area contributed by atoms with E-state index in [2.05, 4.69) is 10.4 Å². The highest BCUT2D eigenvalue weighted by molar-refractivity contribution is 5.95. The van der Waals surface area contributed by atoms with Crippen molar-refractivity contribution >= 4 is 5.91 Å². The topological polar surface area (TPSA) is 56.1 Å². The fraction of sp³-hybridized carbons (Fsp3) is 0.273. The minimum Gasteiger partial charge on any atom is -0.374 e. The highest BCUT2D eigenvalue weighted by Crippen LogP contribution is 2.16. The molecule has 3 rings (SSSR count). The molecule has 0 unspecified atom stereocenters. The monoisotopic (exact) mass is 381 g/mol. The predicted molar refractivity (Wildman–Crippen MR) is 106 cm³/mol. The van der Waals surface area contributed by atoms with E-state index in [9.17, 15) is 9.18 Å². The van der Waals surface area contributed by atoms with Gasteiger partial charge in [-0.15, -0.1) is 0 Å². The Balaban J connectivity index is 1.70. The summed E-state index contributed by atoms with van der Waals surface area (Å²) in [6.45, 7) is 6.70. The highest BCUT2D eigenvalue weighted by Gasteiger charge is 2.15. The van der Waals surface area contributed by atoms with Crippen molar-refractivity contribution in [2.24, 2.45) is 0 Å². The first-order valence-corrected chi connectivity index (χ1v) is 9.23. The van der Waals surface area contributed by atoms with Crippen molar-refractivity contribution in [3.63, 3.8) is 0 Å². The van der Waals surface area contributed by atoms with Gasteiger partial charge in [0.1, 0.15) is 5.82 Å². The van der Waals surface area contributed by atoms with Crippen molar-refractivity contribution in [1.82, 2.24) is 15.1 Å². The molecule has 3 aromatic rings. The Morgan fingerprint density at radius 2 is 1.82 bits per heavy atom. The van der Waals surface area contributed by atoms with Gasteiger partial charge in [0.15, 0.2) is 0 Å². The Hall–Kier alpha value is -2.99. The van der Waals surface area contributed by atoms with E-state index in [1.165, 1.54) is 18.3 Å². The SMILES string of the molecule is Cc1c(C(=O)NCc2ccccc2COC(C)C)cnn1-c1ccc(F)cc1. The van der Waals surface area contributed by atoms with Gasteiger partial charge in [-0.25, -0.2) is 9.07 Å². The zero-order valence-corrected chi connectivity index (χ0v) is 16.3. The normalized spacial score (nSPS) is 11.0. The molecular formula is C22H24FN3O2. The summed E-state index contributed by atoms with van der Waals surface area (Å²) in [5, 5.41) is 7.22. The molecule has 0 radical (unpaired) electrons. The second-order valence-electron chi connectivity index (χ2n) is 6.84. The molecule has 0 aliphatic heterocycles. The largest absolute Gasteiger partial charge is 0.374 e. The molecule has 0 atom stereocenters. The standard InChI is InChI=1S/C22H24FN3O2/c1-15(2)28-14-18-7-5-4-6-17(18)12-24-22(27)21-13-25-26(16(21)3)20-10-8-19(23)9-11-20/h4-11,13,15H,12,14H2,1-3H3,(H,24,27). The van der Waals surface area contributed by atoms with E-state index < -0.39 is 0 Å². The summed E-state index contributed by atoms with van der Waals surface area (Å²) in [6, 6.07) is 13.9. The third-order valence-electron chi connectivity index (χ3n) is 4.46. The first-order valence-electron chi connectivity index (χ1n) is 9.23. The van der Waals surface area contributed by atoms with Crippen LogP contribution in [0.25, 0.3) is 5.69 Å². The molecule has 0 saturated carbocycles. The average Bonchev–Trinajstić information content (AvgIpc) is 3.07. The van der Waals surface area contributed by atoms with Gasteiger partial charge in [0, 0.05) is 6.54 Å². The molecule has 0 saturated heterocycles. The molecule has 146 valence electrons. The number of ether oxygens (including phenoxy) is 1. The van der Waals surface area contributed by atoms with Gasteiger partial charge in [0.25, 0.3) is 5.91 Å². The lowest BCUT2D eigenvalue weighted by atomic mass is 10.1. The summed E-state index contributed by atoms with van der Waals surface area (Å²) in [7, 11) is 0. The lowest BCUT2D eigenvalue weighted by Gasteiger charge is -2.13. The van der Waals surface area contributed by atoms with Crippen molar-refractivity contribution in [1.29, 1.82) is 0 Å². The summed E-state index contributed by atoms with van der Waals surface area (Å²) in [4.78, 5) is 12.7. The van der Waals surface area contributed by atoms with E-state index in [-0.39, 0.29) is 17.8 Å². The van der Waals surface area contributed by atoms with Crippen LogP contribution in [0.5, 0.6) is 0 Å².